The van der Waals surface area contributed by atoms with Crippen LogP contribution in [0.15, 0.2) is 23.6 Å². The van der Waals surface area contributed by atoms with Crippen molar-refractivity contribution in [3.05, 3.63) is 40.4 Å². The van der Waals surface area contributed by atoms with Crippen molar-refractivity contribution in [1.29, 1.82) is 0 Å². The molecule has 2 fully saturated rings. The van der Waals surface area contributed by atoms with E-state index in [1.165, 1.54) is 17.5 Å². The van der Waals surface area contributed by atoms with Crippen molar-refractivity contribution >= 4 is 34.0 Å². The van der Waals surface area contributed by atoms with Crippen LogP contribution in [-0.2, 0) is 22.4 Å². The first-order chi connectivity index (χ1) is 14.1. The molecule has 2 aliphatic heterocycles. The third kappa shape index (κ3) is 3.52. The summed E-state index contributed by atoms with van der Waals surface area (Å²) in [6, 6.07) is 6.35. The third-order valence-corrected chi connectivity index (χ3v) is 7.36. The Kier molecular flexibility index (Phi) is 4.78. The van der Waals surface area contributed by atoms with Gasteiger partial charge in [0.1, 0.15) is 0 Å². The van der Waals surface area contributed by atoms with E-state index in [1.54, 1.807) is 11.3 Å². The minimum absolute atomic E-state index is 0.0678. The van der Waals surface area contributed by atoms with E-state index in [2.05, 4.69) is 27.4 Å². The van der Waals surface area contributed by atoms with Gasteiger partial charge in [-0.25, -0.2) is 4.98 Å². The molecule has 0 bridgehead atoms. The van der Waals surface area contributed by atoms with Gasteiger partial charge >= 0.3 is 0 Å². The van der Waals surface area contributed by atoms with Gasteiger partial charge < -0.3 is 14.7 Å². The first-order valence-electron chi connectivity index (χ1n) is 10.5. The van der Waals surface area contributed by atoms with Gasteiger partial charge in [-0.15, -0.1) is 11.3 Å². The number of anilines is 2. The van der Waals surface area contributed by atoms with Gasteiger partial charge in [0.2, 0.25) is 11.8 Å². The highest BCUT2D eigenvalue weighted by Crippen LogP contribution is 2.31. The Morgan fingerprint density at radius 3 is 2.69 bits per heavy atom. The molecule has 152 valence electrons. The zero-order chi connectivity index (χ0) is 20.0. The van der Waals surface area contributed by atoms with Crippen molar-refractivity contribution in [1.82, 2.24) is 9.88 Å². The second kappa shape index (κ2) is 7.44. The highest BCUT2D eigenvalue weighted by atomic mass is 32.1. The maximum atomic E-state index is 13.1. The summed E-state index contributed by atoms with van der Waals surface area (Å²) < 4.78 is 0. The summed E-state index contributed by atoms with van der Waals surface area (Å²) in [5, 5.41) is 3.10. The zero-order valence-electron chi connectivity index (χ0n) is 16.8. The number of thiazole rings is 1. The fourth-order valence-corrected chi connectivity index (χ4v) is 5.57. The summed E-state index contributed by atoms with van der Waals surface area (Å²) in [5.74, 6) is -0.0421. The Morgan fingerprint density at radius 2 is 1.93 bits per heavy atom. The molecule has 5 rings (SSSR count). The minimum Gasteiger partial charge on any atom is -0.345 e. The van der Waals surface area contributed by atoms with Gasteiger partial charge in [-0.1, -0.05) is 6.07 Å². The van der Waals surface area contributed by atoms with Crippen molar-refractivity contribution in [2.45, 2.75) is 32.6 Å². The van der Waals surface area contributed by atoms with E-state index in [1.807, 2.05) is 22.8 Å². The van der Waals surface area contributed by atoms with Crippen LogP contribution in [0.4, 0.5) is 10.8 Å². The van der Waals surface area contributed by atoms with Crippen molar-refractivity contribution in [3.8, 4) is 0 Å². The van der Waals surface area contributed by atoms with E-state index >= 15 is 0 Å². The fraction of sp³-hybridized carbons (Fsp3) is 0.500. The van der Waals surface area contributed by atoms with Crippen LogP contribution < -0.4 is 9.80 Å². The van der Waals surface area contributed by atoms with E-state index in [0.29, 0.717) is 26.1 Å². The number of fused-ring (bicyclic) bond motifs is 1. The monoisotopic (exact) mass is 410 g/mol. The summed E-state index contributed by atoms with van der Waals surface area (Å²) in [6.45, 7) is 5.50. The van der Waals surface area contributed by atoms with Crippen LogP contribution in [0.25, 0.3) is 0 Å². The molecule has 1 unspecified atom stereocenters. The predicted molar refractivity (Wildman–Crippen MR) is 115 cm³/mol. The molecule has 1 atom stereocenters. The molecule has 29 heavy (non-hydrogen) atoms. The van der Waals surface area contributed by atoms with Crippen LogP contribution in [0.1, 0.15) is 29.7 Å². The minimum atomic E-state index is -0.232. The Morgan fingerprint density at radius 1 is 1.14 bits per heavy atom. The van der Waals surface area contributed by atoms with Crippen LogP contribution in [0.3, 0.4) is 0 Å². The molecular formula is C22H26N4O2S. The molecule has 0 radical (unpaired) electrons. The van der Waals surface area contributed by atoms with Crippen LogP contribution in [0.2, 0.25) is 0 Å². The lowest BCUT2D eigenvalue weighted by molar-refractivity contribution is -0.136. The Labute approximate surface area is 175 Å². The van der Waals surface area contributed by atoms with Crippen LogP contribution in [0.5, 0.6) is 0 Å². The SMILES string of the molecule is Cc1csc(N2CCN(C(=O)C3CC(=O)N(c4ccc5c(c4)CCC5)C3)CC2)n1. The Balaban J connectivity index is 1.22. The molecule has 2 saturated heterocycles. The number of carbonyl (C=O) groups is 2. The zero-order valence-corrected chi connectivity index (χ0v) is 17.6. The number of hydrogen-bond donors (Lipinski definition) is 0. The number of piperazine rings is 1. The van der Waals surface area contributed by atoms with E-state index in [0.717, 1.165) is 42.4 Å². The summed E-state index contributed by atoms with van der Waals surface area (Å²) in [5.41, 5.74) is 4.76. The quantitative estimate of drug-likeness (QED) is 0.781. The van der Waals surface area contributed by atoms with Gasteiger partial charge in [-0.3, -0.25) is 9.59 Å². The molecule has 1 aliphatic carbocycles. The standard InChI is InChI=1S/C22H26N4O2S/c1-15-14-29-22(23-15)25-9-7-24(8-10-25)21(28)18-12-20(27)26(13-18)19-6-5-16-3-2-4-17(16)11-19/h5-6,11,14,18H,2-4,7-10,12-13H2,1H3. The maximum Gasteiger partial charge on any atom is 0.228 e. The van der Waals surface area contributed by atoms with Crippen molar-refractivity contribution in [2.75, 3.05) is 42.5 Å². The lowest BCUT2D eigenvalue weighted by atomic mass is 10.1. The second-order valence-electron chi connectivity index (χ2n) is 8.30. The summed E-state index contributed by atoms with van der Waals surface area (Å²) in [7, 11) is 0. The first kappa shape index (κ1) is 18.6. The molecule has 3 aliphatic rings. The summed E-state index contributed by atoms with van der Waals surface area (Å²) in [4.78, 5) is 36.3. The van der Waals surface area contributed by atoms with E-state index in [-0.39, 0.29) is 17.7 Å². The topological polar surface area (TPSA) is 56.8 Å². The Bertz CT molecular complexity index is 948. The third-order valence-electron chi connectivity index (χ3n) is 6.34. The number of nitrogens with zero attached hydrogens (tertiary/aromatic N) is 4. The molecule has 0 saturated carbocycles. The second-order valence-corrected chi connectivity index (χ2v) is 9.13. The van der Waals surface area contributed by atoms with E-state index in [4.69, 9.17) is 0 Å². The van der Waals surface area contributed by atoms with E-state index < -0.39 is 0 Å². The smallest absolute Gasteiger partial charge is 0.228 e. The average molecular weight is 411 g/mol. The molecule has 3 heterocycles. The molecule has 1 aromatic heterocycles. The van der Waals surface area contributed by atoms with Crippen molar-refractivity contribution < 1.29 is 9.59 Å². The summed E-state index contributed by atoms with van der Waals surface area (Å²) in [6.07, 6.45) is 3.75. The van der Waals surface area contributed by atoms with Gasteiger partial charge in [0.15, 0.2) is 5.13 Å². The van der Waals surface area contributed by atoms with Gasteiger partial charge in [-0.05, 0) is 49.4 Å². The lowest BCUT2D eigenvalue weighted by Gasteiger charge is -2.35. The first-order valence-corrected chi connectivity index (χ1v) is 11.3. The number of rotatable bonds is 3. The van der Waals surface area contributed by atoms with Gasteiger partial charge in [0, 0.05) is 50.2 Å². The molecule has 1 aromatic carbocycles. The molecule has 0 spiro atoms. The van der Waals surface area contributed by atoms with Crippen LogP contribution in [-0.4, -0.2) is 54.4 Å². The number of benzene rings is 1. The van der Waals surface area contributed by atoms with Gasteiger partial charge in [-0.2, -0.15) is 0 Å². The number of aromatic nitrogens is 1. The highest BCUT2D eigenvalue weighted by Gasteiger charge is 2.38. The summed E-state index contributed by atoms with van der Waals surface area (Å²) >= 11 is 1.66. The lowest BCUT2D eigenvalue weighted by Crippen LogP contribution is -2.50. The highest BCUT2D eigenvalue weighted by molar-refractivity contribution is 7.13. The molecular weight excluding hydrogens is 384 g/mol. The molecule has 6 nitrogen and oxygen atoms in total. The number of hydrogen-bond acceptors (Lipinski definition) is 5. The fourth-order valence-electron chi connectivity index (χ4n) is 4.71. The van der Waals surface area contributed by atoms with E-state index in [9.17, 15) is 9.59 Å². The predicted octanol–water partition coefficient (Wildman–Crippen LogP) is 2.64. The molecule has 2 amide bonds. The molecule has 2 aromatic rings. The van der Waals surface area contributed by atoms with Crippen LogP contribution in [0, 0.1) is 12.8 Å². The van der Waals surface area contributed by atoms with Gasteiger partial charge in [0.05, 0.1) is 11.6 Å². The maximum absolute atomic E-state index is 13.1. The van der Waals surface area contributed by atoms with Crippen molar-refractivity contribution in [2.24, 2.45) is 5.92 Å². The Hall–Kier alpha value is -2.41. The van der Waals surface area contributed by atoms with Crippen LogP contribution >= 0.6 is 11.3 Å². The number of amides is 2. The normalized spacial score (nSPS) is 21.8. The molecule has 0 N–H and O–H groups in total. The number of carbonyl (C=O) groups excluding carboxylic acids is 2. The molecule has 7 heteroatoms. The average Bonchev–Trinajstić information content (AvgIpc) is 3.46. The number of aryl methyl sites for hydroxylation is 3. The largest absolute Gasteiger partial charge is 0.345 e. The van der Waals surface area contributed by atoms with Crippen molar-refractivity contribution in [3.63, 3.8) is 0 Å². The van der Waals surface area contributed by atoms with Gasteiger partial charge in [0.25, 0.3) is 0 Å².